The highest BCUT2D eigenvalue weighted by molar-refractivity contribution is 7.17. The van der Waals surface area contributed by atoms with Crippen molar-refractivity contribution in [3.05, 3.63) is 59.1 Å². The molecule has 0 radical (unpaired) electrons. The highest BCUT2D eigenvalue weighted by atomic mass is 32.1. The van der Waals surface area contributed by atoms with Gasteiger partial charge in [-0.25, -0.2) is 4.68 Å². The van der Waals surface area contributed by atoms with Crippen molar-refractivity contribution in [3.63, 3.8) is 0 Å². The minimum Gasteiger partial charge on any atom is -0.359 e. The summed E-state index contributed by atoms with van der Waals surface area (Å²) in [5, 5.41) is 7.19. The number of hydrogen-bond acceptors (Lipinski definition) is 4. The van der Waals surface area contributed by atoms with Crippen LogP contribution in [0.4, 0.5) is 32.0 Å². The molecule has 13 heteroatoms. The molecule has 0 atom stereocenters. The van der Waals surface area contributed by atoms with E-state index >= 15 is 0 Å². The average Bonchev–Trinajstić information content (AvgIpc) is 3.35. The number of aromatic amines is 1. The summed E-state index contributed by atoms with van der Waals surface area (Å²) < 4.78 is 80.9. The van der Waals surface area contributed by atoms with Crippen molar-refractivity contribution < 1.29 is 31.1 Å². The number of amides is 1. The van der Waals surface area contributed by atoms with Crippen molar-refractivity contribution in [2.45, 2.75) is 12.4 Å². The number of halogens is 6. The number of nitrogens with zero attached hydrogens (tertiary/aromatic N) is 3. The molecule has 0 aromatic carbocycles. The van der Waals surface area contributed by atoms with Crippen LogP contribution in [0, 0.1) is 0 Å². The summed E-state index contributed by atoms with van der Waals surface area (Å²) in [5.74, 6) is -1.26. The molecule has 156 valence electrons. The Morgan fingerprint density at radius 3 is 2.60 bits per heavy atom. The minimum absolute atomic E-state index is 0.0923. The van der Waals surface area contributed by atoms with E-state index < -0.39 is 35.2 Å². The largest absolute Gasteiger partial charge is 0.434 e. The second-order valence-electron chi connectivity index (χ2n) is 6.04. The third kappa shape index (κ3) is 3.51. The average molecular weight is 445 g/mol. The molecule has 4 aromatic heterocycles. The Bertz CT molecular complexity index is 1240. The highest BCUT2D eigenvalue weighted by Crippen LogP contribution is 2.37. The Labute approximate surface area is 167 Å². The highest BCUT2D eigenvalue weighted by Gasteiger charge is 2.41. The summed E-state index contributed by atoms with van der Waals surface area (Å²) in [5.41, 5.74) is -3.33. The van der Waals surface area contributed by atoms with E-state index in [4.69, 9.17) is 0 Å². The van der Waals surface area contributed by atoms with Crippen LogP contribution in [0.25, 0.3) is 15.9 Å². The molecule has 4 aromatic rings. The first-order chi connectivity index (χ1) is 14.1. The molecule has 0 saturated carbocycles. The molecular weight excluding hydrogens is 436 g/mol. The van der Waals surface area contributed by atoms with Crippen LogP contribution in [0.2, 0.25) is 0 Å². The molecule has 0 aliphatic carbocycles. The topological polar surface area (TPSA) is 75.6 Å². The van der Waals surface area contributed by atoms with Crippen LogP contribution in [0.3, 0.4) is 0 Å². The predicted octanol–water partition coefficient (Wildman–Crippen LogP) is 5.10. The number of hydrogen-bond donors (Lipinski definition) is 2. The van der Waals surface area contributed by atoms with Crippen LogP contribution in [0.15, 0.2) is 42.2 Å². The number of alkyl halides is 6. The molecule has 1 amide bonds. The molecule has 0 fully saturated rings. The van der Waals surface area contributed by atoms with E-state index in [1.807, 2.05) is 5.32 Å². The SMILES string of the molecule is O=C(Nc1ccnc(C(F)(F)F)c1)c1cnn(-c2csc3cc[nH]c23)c1C(F)(F)F. The fraction of sp³-hybridized carbons (Fsp3) is 0.118. The number of carbonyl (C=O) groups excluding carboxylic acids is 1. The van der Waals surface area contributed by atoms with Gasteiger partial charge in [0.15, 0.2) is 5.69 Å². The third-order valence-corrected chi connectivity index (χ3v) is 5.02. The van der Waals surface area contributed by atoms with Gasteiger partial charge in [-0.3, -0.25) is 9.78 Å². The summed E-state index contributed by atoms with van der Waals surface area (Å²) >= 11 is 1.19. The molecule has 4 rings (SSSR count). The Kier molecular flexibility index (Phi) is 4.56. The van der Waals surface area contributed by atoms with Gasteiger partial charge in [-0.1, -0.05) is 0 Å². The zero-order valence-electron chi connectivity index (χ0n) is 14.5. The van der Waals surface area contributed by atoms with Gasteiger partial charge in [0.05, 0.1) is 22.0 Å². The quantitative estimate of drug-likeness (QED) is 0.431. The second kappa shape index (κ2) is 6.86. The molecule has 0 saturated heterocycles. The lowest BCUT2D eigenvalue weighted by atomic mass is 10.2. The number of H-pyrrole nitrogens is 1. The molecule has 30 heavy (non-hydrogen) atoms. The van der Waals surface area contributed by atoms with Crippen LogP contribution in [0.1, 0.15) is 21.7 Å². The fourth-order valence-electron chi connectivity index (χ4n) is 2.82. The van der Waals surface area contributed by atoms with Crippen LogP contribution in [-0.2, 0) is 12.4 Å². The van der Waals surface area contributed by atoms with Crippen molar-refractivity contribution in [1.29, 1.82) is 0 Å². The van der Waals surface area contributed by atoms with E-state index in [1.54, 1.807) is 12.3 Å². The zero-order valence-corrected chi connectivity index (χ0v) is 15.3. The maximum absolute atomic E-state index is 13.8. The van der Waals surface area contributed by atoms with Gasteiger partial charge in [0.25, 0.3) is 5.91 Å². The van der Waals surface area contributed by atoms with E-state index in [9.17, 15) is 31.1 Å². The summed E-state index contributed by atoms with van der Waals surface area (Å²) in [6.45, 7) is 0. The lowest BCUT2D eigenvalue weighted by Crippen LogP contribution is -2.21. The monoisotopic (exact) mass is 445 g/mol. The van der Waals surface area contributed by atoms with Gasteiger partial charge in [0.2, 0.25) is 0 Å². The van der Waals surface area contributed by atoms with Crippen LogP contribution in [-0.4, -0.2) is 25.7 Å². The van der Waals surface area contributed by atoms with Crippen LogP contribution in [0.5, 0.6) is 0 Å². The maximum Gasteiger partial charge on any atom is 0.434 e. The van der Waals surface area contributed by atoms with Crippen molar-refractivity contribution in [2.24, 2.45) is 0 Å². The predicted molar refractivity (Wildman–Crippen MR) is 95.5 cm³/mol. The van der Waals surface area contributed by atoms with Crippen molar-refractivity contribution in [2.75, 3.05) is 5.32 Å². The Morgan fingerprint density at radius 1 is 1.13 bits per heavy atom. The summed E-state index contributed by atoms with van der Waals surface area (Å²) in [6.07, 6.45) is -6.67. The molecule has 2 N–H and O–H groups in total. The van der Waals surface area contributed by atoms with Gasteiger partial charge in [-0.15, -0.1) is 11.3 Å². The molecule has 0 bridgehead atoms. The first-order valence-corrected chi connectivity index (χ1v) is 8.98. The Balaban J connectivity index is 1.74. The number of anilines is 1. The lowest BCUT2D eigenvalue weighted by Gasteiger charge is -2.13. The fourth-order valence-corrected chi connectivity index (χ4v) is 3.70. The van der Waals surface area contributed by atoms with Crippen molar-refractivity contribution >= 4 is 33.1 Å². The van der Waals surface area contributed by atoms with E-state index in [0.717, 1.165) is 18.5 Å². The zero-order chi connectivity index (χ0) is 21.7. The summed E-state index contributed by atoms with van der Waals surface area (Å²) in [4.78, 5) is 18.4. The summed E-state index contributed by atoms with van der Waals surface area (Å²) in [6, 6.07) is 3.23. The van der Waals surface area contributed by atoms with Crippen molar-refractivity contribution in [3.8, 4) is 5.69 Å². The molecule has 4 heterocycles. The molecule has 6 nitrogen and oxygen atoms in total. The first-order valence-electron chi connectivity index (χ1n) is 8.10. The first kappa shape index (κ1) is 19.9. The van der Waals surface area contributed by atoms with E-state index in [2.05, 4.69) is 15.1 Å². The smallest absolute Gasteiger partial charge is 0.359 e. The summed E-state index contributed by atoms with van der Waals surface area (Å²) in [7, 11) is 0. The Hall–Kier alpha value is -3.35. The van der Waals surface area contributed by atoms with Gasteiger partial charge < -0.3 is 10.3 Å². The normalized spacial score (nSPS) is 12.5. The van der Waals surface area contributed by atoms with Gasteiger partial charge in [0, 0.05) is 23.5 Å². The molecule has 0 aliphatic heterocycles. The number of thiophene rings is 1. The van der Waals surface area contributed by atoms with Gasteiger partial charge in [-0.2, -0.15) is 31.4 Å². The van der Waals surface area contributed by atoms with Crippen molar-refractivity contribution in [1.82, 2.24) is 19.7 Å². The number of aromatic nitrogens is 4. The number of carbonyl (C=O) groups is 1. The minimum atomic E-state index is -4.96. The number of fused-ring (bicyclic) bond motifs is 1. The van der Waals surface area contributed by atoms with Crippen LogP contribution >= 0.6 is 11.3 Å². The lowest BCUT2D eigenvalue weighted by molar-refractivity contribution is -0.143. The number of nitrogens with one attached hydrogen (secondary N) is 2. The number of rotatable bonds is 3. The third-order valence-electron chi connectivity index (χ3n) is 4.08. The standard InChI is InChI=1S/C17H9F6N5OS/c18-16(19,20)12-5-8(1-3-24-12)27-15(29)9-6-26-28(14(9)17(21,22)23)10-7-30-11-2-4-25-13(10)11/h1-7,25H,(H,24,27,29). The molecule has 0 aliphatic rings. The maximum atomic E-state index is 13.8. The van der Waals surface area contributed by atoms with Gasteiger partial charge >= 0.3 is 12.4 Å². The molecule has 0 spiro atoms. The van der Waals surface area contributed by atoms with Gasteiger partial charge in [-0.05, 0) is 18.2 Å². The molecular formula is C17H9F6N5OS. The van der Waals surface area contributed by atoms with Gasteiger partial charge in [0.1, 0.15) is 11.4 Å². The molecule has 0 unspecified atom stereocenters. The van der Waals surface area contributed by atoms with Crippen LogP contribution < -0.4 is 5.32 Å². The van der Waals surface area contributed by atoms with E-state index in [0.29, 0.717) is 21.0 Å². The van der Waals surface area contributed by atoms with E-state index in [-0.39, 0.29) is 11.4 Å². The van der Waals surface area contributed by atoms with E-state index in [1.165, 1.54) is 16.7 Å². The Morgan fingerprint density at radius 2 is 1.90 bits per heavy atom. The number of pyridine rings is 1. The second-order valence-corrected chi connectivity index (χ2v) is 6.95.